The lowest BCUT2D eigenvalue weighted by atomic mass is 9.63. The van der Waals surface area contributed by atoms with E-state index in [9.17, 15) is 18.8 Å². The summed E-state index contributed by atoms with van der Waals surface area (Å²) in [6.07, 6.45) is 7.67. The molecule has 3 aliphatic heterocycles. The van der Waals surface area contributed by atoms with Crippen molar-refractivity contribution in [1.82, 2.24) is 24.9 Å². The van der Waals surface area contributed by atoms with Crippen LogP contribution in [0.3, 0.4) is 0 Å². The van der Waals surface area contributed by atoms with Crippen LogP contribution < -0.4 is 5.32 Å². The lowest BCUT2D eigenvalue weighted by Crippen LogP contribution is -2.63. The van der Waals surface area contributed by atoms with E-state index < -0.39 is 6.04 Å². The van der Waals surface area contributed by atoms with Crippen LogP contribution in [0.2, 0.25) is 0 Å². The van der Waals surface area contributed by atoms with Gasteiger partial charge in [0.15, 0.2) is 0 Å². The Morgan fingerprint density at radius 1 is 1.02 bits per heavy atom. The Morgan fingerprint density at radius 2 is 1.69 bits per heavy atom. The number of piperidine rings is 1. The minimum absolute atomic E-state index is 0.0714. The Bertz CT molecular complexity index is 1190. The van der Waals surface area contributed by atoms with Crippen molar-refractivity contribution in [2.24, 2.45) is 11.3 Å². The first-order chi connectivity index (χ1) is 21.4. The summed E-state index contributed by atoms with van der Waals surface area (Å²) in [5, 5.41) is 3.15. The number of nitrogens with one attached hydrogen (secondary N) is 1. The van der Waals surface area contributed by atoms with Gasteiger partial charge in [0, 0.05) is 51.7 Å². The molecule has 4 aliphatic rings. The fraction of sp³-hybridized carbons (Fsp3) is 0.743. The van der Waals surface area contributed by atoms with Crippen molar-refractivity contribution >= 4 is 17.9 Å². The molecule has 0 aromatic heterocycles. The van der Waals surface area contributed by atoms with Gasteiger partial charge in [-0.15, -0.1) is 0 Å². The fourth-order valence-electron chi connectivity index (χ4n) is 8.15. The van der Waals surface area contributed by atoms with Gasteiger partial charge in [-0.2, -0.15) is 0 Å². The van der Waals surface area contributed by atoms with Gasteiger partial charge in [0.25, 0.3) is 0 Å². The molecule has 0 radical (unpaired) electrons. The summed E-state index contributed by atoms with van der Waals surface area (Å²) in [5.74, 6) is -0.0542. The molecular weight excluding hydrogens is 573 g/mol. The van der Waals surface area contributed by atoms with Crippen molar-refractivity contribution in [3.05, 3.63) is 35.6 Å². The van der Waals surface area contributed by atoms with Crippen LogP contribution in [0.4, 0.5) is 9.18 Å². The summed E-state index contributed by atoms with van der Waals surface area (Å²) >= 11 is 0. The number of cyclic esters (lactones) is 1. The first-order valence-corrected chi connectivity index (χ1v) is 17.1. The molecule has 1 aromatic carbocycles. The Balaban J connectivity index is 1.34. The molecule has 1 aliphatic carbocycles. The maximum absolute atomic E-state index is 14.3. The molecule has 0 spiro atoms. The predicted molar refractivity (Wildman–Crippen MR) is 172 cm³/mol. The number of halogens is 1. The van der Waals surface area contributed by atoms with Crippen LogP contribution in [-0.2, 0) is 20.7 Å². The Hall–Kier alpha value is -2.72. The molecule has 1 saturated carbocycles. The first kappa shape index (κ1) is 33.6. The van der Waals surface area contributed by atoms with Gasteiger partial charge in [-0.05, 0) is 89.5 Å². The fourth-order valence-corrected chi connectivity index (χ4v) is 8.15. The monoisotopic (exact) mass is 627 g/mol. The van der Waals surface area contributed by atoms with E-state index in [0.29, 0.717) is 45.1 Å². The Morgan fingerprint density at radius 3 is 2.29 bits per heavy atom. The summed E-state index contributed by atoms with van der Waals surface area (Å²) in [6.45, 7) is 12.8. The summed E-state index contributed by atoms with van der Waals surface area (Å²) in [5.41, 5.74) is 0.380. The molecule has 3 saturated heterocycles. The molecule has 0 bridgehead atoms. The number of carbonyl (C=O) groups excluding carboxylic acids is 3. The molecule has 5 rings (SSSR count). The van der Waals surface area contributed by atoms with E-state index in [1.807, 2.05) is 16.8 Å². The molecule has 250 valence electrons. The molecule has 9 nitrogen and oxygen atoms in total. The second-order valence-electron chi connectivity index (χ2n) is 15.0. The SMILES string of the molecule is CC(C)N1CCN(C)C[C@@H]1C(=O)N[C@H](Cc1ccc(F)cc1)C(=O)N1CCC(CN2C(=O)OCC2(C)C)(C2CCCCC2)CC1. The summed E-state index contributed by atoms with van der Waals surface area (Å²) < 4.78 is 19.2. The second-order valence-corrected chi connectivity index (χ2v) is 15.0. The average molecular weight is 628 g/mol. The molecule has 10 heteroatoms. The molecule has 1 aromatic rings. The van der Waals surface area contributed by atoms with Crippen LogP contribution in [0, 0.1) is 17.2 Å². The molecule has 3 amide bonds. The third-order valence-electron chi connectivity index (χ3n) is 11.1. The number of hydrogen-bond acceptors (Lipinski definition) is 6. The molecule has 4 fully saturated rings. The topological polar surface area (TPSA) is 85.4 Å². The normalized spacial score (nSPS) is 25.3. The van der Waals surface area contributed by atoms with E-state index in [4.69, 9.17) is 4.74 Å². The minimum atomic E-state index is -0.751. The highest BCUT2D eigenvalue weighted by Crippen LogP contribution is 2.48. The summed E-state index contributed by atoms with van der Waals surface area (Å²) in [4.78, 5) is 49.2. The highest BCUT2D eigenvalue weighted by molar-refractivity contribution is 5.90. The smallest absolute Gasteiger partial charge is 0.410 e. The van der Waals surface area contributed by atoms with E-state index in [1.165, 1.54) is 31.4 Å². The lowest BCUT2D eigenvalue weighted by molar-refractivity contribution is -0.141. The highest BCUT2D eigenvalue weighted by atomic mass is 19.1. The van der Waals surface area contributed by atoms with Gasteiger partial charge in [0.1, 0.15) is 24.5 Å². The van der Waals surface area contributed by atoms with E-state index in [2.05, 4.69) is 42.8 Å². The predicted octanol–water partition coefficient (Wildman–Crippen LogP) is 4.30. The molecule has 0 unspecified atom stereocenters. The molecule has 1 N–H and O–H groups in total. The molecule has 3 heterocycles. The van der Waals surface area contributed by atoms with Crippen LogP contribution in [0.25, 0.3) is 0 Å². The number of piperazine rings is 1. The van der Waals surface area contributed by atoms with Gasteiger partial charge < -0.3 is 19.9 Å². The van der Waals surface area contributed by atoms with Gasteiger partial charge in [0.2, 0.25) is 11.8 Å². The lowest BCUT2D eigenvalue weighted by Gasteiger charge is -2.51. The number of carbonyl (C=O) groups is 3. The number of nitrogens with zero attached hydrogens (tertiary/aromatic N) is 4. The largest absolute Gasteiger partial charge is 0.447 e. The standard InChI is InChI=1S/C35H54FN5O4/c1-25(2)40-20-19-38(5)22-30(40)31(42)37-29(21-26-11-13-28(36)14-12-26)32(43)39-17-15-35(16-18-39,27-9-7-6-8-10-27)23-41-33(44)45-24-34(41,3)4/h11-14,25,27,29-30H,6-10,15-24H2,1-5H3,(H,37,42)/t29-,30-/m1/s1. The molecule has 45 heavy (non-hydrogen) atoms. The average Bonchev–Trinajstić information content (AvgIpc) is 3.28. The van der Waals surface area contributed by atoms with E-state index in [1.54, 1.807) is 12.1 Å². The Kier molecular flexibility index (Phi) is 10.4. The van der Waals surface area contributed by atoms with Crippen molar-refractivity contribution in [2.75, 3.05) is 52.9 Å². The number of rotatable bonds is 9. The zero-order valence-electron chi connectivity index (χ0n) is 28.0. The Labute approximate surface area is 268 Å². The zero-order chi connectivity index (χ0) is 32.4. The van der Waals surface area contributed by atoms with Crippen LogP contribution >= 0.6 is 0 Å². The quantitative estimate of drug-likeness (QED) is 0.440. The maximum atomic E-state index is 14.3. The van der Waals surface area contributed by atoms with Crippen molar-refractivity contribution in [3.63, 3.8) is 0 Å². The van der Waals surface area contributed by atoms with Crippen LogP contribution in [0.15, 0.2) is 24.3 Å². The number of benzene rings is 1. The number of amides is 3. The summed E-state index contributed by atoms with van der Waals surface area (Å²) in [6, 6.07) is 5.29. The van der Waals surface area contributed by atoms with E-state index in [-0.39, 0.29) is 46.8 Å². The van der Waals surface area contributed by atoms with Gasteiger partial charge in [-0.1, -0.05) is 31.4 Å². The zero-order valence-corrected chi connectivity index (χ0v) is 28.0. The number of hydrogen-bond donors (Lipinski definition) is 1. The number of likely N-dealkylation sites (N-methyl/N-ethyl adjacent to an activating group) is 1. The van der Waals surface area contributed by atoms with Crippen molar-refractivity contribution in [2.45, 2.75) is 103 Å². The minimum Gasteiger partial charge on any atom is -0.447 e. The van der Waals surface area contributed by atoms with Crippen LogP contribution in [-0.4, -0.2) is 114 Å². The maximum Gasteiger partial charge on any atom is 0.410 e. The highest BCUT2D eigenvalue weighted by Gasteiger charge is 2.50. The van der Waals surface area contributed by atoms with Crippen molar-refractivity contribution < 1.29 is 23.5 Å². The second kappa shape index (κ2) is 14.0. The third kappa shape index (κ3) is 7.64. The van der Waals surface area contributed by atoms with Gasteiger partial charge >= 0.3 is 6.09 Å². The summed E-state index contributed by atoms with van der Waals surface area (Å²) in [7, 11) is 2.02. The van der Waals surface area contributed by atoms with E-state index >= 15 is 0 Å². The van der Waals surface area contributed by atoms with Gasteiger partial charge in [0.05, 0.1) is 5.54 Å². The number of ether oxygens (including phenoxy) is 1. The molecule has 2 atom stereocenters. The van der Waals surface area contributed by atoms with Gasteiger partial charge in [-0.3, -0.25) is 19.4 Å². The molecular formula is C35H54FN5O4. The van der Waals surface area contributed by atoms with E-state index in [0.717, 1.165) is 44.3 Å². The van der Waals surface area contributed by atoms with Crippen molar-refractivity contribution in [3.8, 4) is 0 Å². The third-order valence-corrected chi connectivity index (χ3v) is 11.1. The first-order valence-electron chi connectivity index (χ1n) is 17.1. The van der Waals surface area contributed by atoms with Crippen LogP contribution in [0.5, 0.6) is 0 Å². The van der Waals surface area contributed by atoms with Gasteiger partial charge in [-0.25, -0.2) is 9.18 Å². The van der Waals surface area contributed by atoms with Crippen LogP contribution in [0.1, 0.15) is 78.2 Å². The number of likely N-dealkylation sites (tertiary alicyclic amines) is 1. The van der Waals surface area contributed by atoms with Crippen molar-refractivity contribution in [1.29, 1.82) is 0 Å².